The predicted molar refractivity (Wildman–Crippen MR) is 71.2 cm³/mol. The predicted octanol–water partition coefficient (Wildman–Crippen LogP) is 4.30. The molecule has 0 spiro atoms. The Morgan fingerprint density at radius 1 is 1.42 bits per heavy atom. The Balaban J connectivity index is 2.01. The molecule has 2 nitrogen and oxygen atoms in total. The minimum atomic E-state index is -4.31. The highest BCUT2D eigenvalue weighted by Crippen LogP contribution is 2.34. The summed E-state index contributed by atoms with van der Waals surface area (Å²) in [5.74, 6) is 0.397. The van der Waals surface area contributed by atoms with Crippen LogP contribution in [-0.2, 0) is 10.9 Å². The third kappa shape index (κ3) is 3.63. The Morgan fingerprint density at radius 2 is 2.16 bits per heavy atom. The van der Waals surface area contributed by atoms with E-state index in [1.807, 2.05) is 6.92 Å². The topological polar surface area (TPSA) is 21.3 Å². The van der Waals surface area contributed by atoms with Crippen LogP contribution in [0.5, 0.6) is 0 Å². The second-order valence-electron chi connectivity index (χ2n) is 4.70. The van der Waals surface area contributed by atoms with E-state index in [2.05, 4.69) is 21.2 Å². The third-order valence-corrected chi connectivity index (χ3v) is 4.04. The molecule has 1 heterocycles. The molecule has 2 rings (SSSR count). The lowest BCUT2D eigenvalue weighted by molar-refractivity contribution is -0.137. The maximum Gasteiger partial charge on any atom is 0.416 e. The summed E-state index contributed by atoms with van der Waals surface area (Å²) >= 11 is 3.17. The van der Waals surface area contributed by atoms with Crippen molar-refractivity contribution in [2.45, 2.75) is 25.6 Å². The number of ether oxygens (including phenoxy) is 1. The molecule has 1 aromatic carbocycles. The average Bonchev–Trinajstić information content (AvgIpc) is 2.72. The van der Waals surface area contributed by atoms with Gasteiger partial charge in [-0.3, -0.25) is 0 Å². The zero-order chi connectivity index (χ0) is 14.0. The summed E-state index contributed by atoms with van der Waals surface area (Å²) in [6.45, 7) is 3.47. The second-order valence-corrected chi connectivity index (χ2v) is 5.55. The van der Waals surface area contributed by atoms with Gasteiger partial charge in [-0.15, -0.1) is 0 Å². The summed E-state index contributed by atoms with van der Waals surface area (Å²) in [5, 5.41) is 3.17. The standard InChI is InChI=1S/C13H15BrF3NO/c1-8-9(4-5-19-8)7-18-12-3-2-10(6-11(12)14)13(15,16)17/h2-3,6,8-9,18H,4-5,7H2,1H3. The van der Waals surface area contributed by atoms with Gasteiger partial charge < -0.3 is 10.1 Å². The minimum Gasteiger partial charge on any atom is -0.384 e. The summed E-state index contributed by atoms with van der Waals surface area (Å²) in [7, 11) is 0. The largest absolute Gasteiger partial charge is 0.416 e. The van der Waals surface area contributed by atoms with Crippen LogP contribution in [0.3, 0.4) is 0 Å². The fourth-order valence-corrected chi connectivity index (χ4v) is 2.64. The SMILES string of the molecule is CC1OCCC1CNc1ccc(C(F)(F)F)cc1Br. The molecule has 1 fully saturated rings. The Hall–Kier alpha value is -0.750. The van der Waals surface area contributed by atoms with E-state index in [0.717, 1.165) is 25.2 Å². The van der Waals surface area contributed by atoms with Gasteiger partial charge in [0.15, 0.2) is 0 Å². The Labute approximate surface area is 118 Å². The molecule has 6 heteroatoms. The van der Waals surface area contributed by atoms with Gasteiger partial charge in [-0.1, -0.05) is 0 Å². The van der Waals surface area contributed by atoms with Crippen molar-refractivity contribution in [3.05, 3.63) is 28.2 Å². The van der Waals surface area contributed by atoms with Crippen LogP contribution in [0, 0.1) is 5.92 Å². The zero-order valence-electron chi connectivity index (χ0n) is 10.4. The van der Waals surface area contributed by atoms with Crippen molar-refractivity contribution in [3.8, 4) is 0 Å². The van der Waals surface area contributed by atoms with Crippen molar-refractivity contribution < 1.29 is 17.9 Å². The molecule has 1 aliphatic rings. The number of hydrogen-bond donors (Lipinski definition) is 1. The second kappa shape index (κ2) is 5.71. The molecule has 106 valence electrons. The first-order valence-electron chi connectivity index (χ1n) is 6.10. The summed E-state index contributed by atoms with van der Waals surface area (Å²) in [5.41, 5.74) is 0.0228. The lowest BCUT2D eigenvalue weighted by Gasteiger charge is -2.17. The van der Waals surface area contributed by atoms with Crippen molar-refractivity contribution in [3.63, 3.8) is 0 Å². The Kier molecular flexibility index (Phi) is 4.40. The van der Waals surface area contributed by atoms with Crippen LogP contribution in [0.4, 0.5) is 18.9 Å². The normalized spacial score (nSPS) is 23.6. The number of nitrogens with one attached hydrogen (secondary N) is 1. The van der Waals surface area contributed by atoms with E-state index in [4.69, 9.17) is 4.74 Å². The first kappa shape index (κ1) is 14.7. The zero-order valence-corrected chi connectivity index (χ0v) is 12.0. The quantitative estimate of drug-likeness (QED) is 0.887. The van der Waals surface area contributed by atoms with Crippen molar-refractivity contribution in [1.29, 1.82) is 0 Å². The van der Waals surface area contributed by atoms with Gasteiger partial charge in [0.05, 0.1) is 11.7 Å². The van der Waals surface area contributed by atoms with Crippen LogP contribution < -0.4 is 5.32 Å². The van der Waals surface area contributed by atoms with Crippen molar-refractivity contribution in [2.24, 2.45) is 5.92 Å². The summed E-state index contributed by atoms with van der Waals surface area (Å²) in [6, 6.07) is 3.63. The molecule has 0 aromatic heterocycles. The number of benzene rings is 1. The van der Waals surface area contributed by atoms with Crippen molar-refractivity contribution >= 4 is 21.6 Å². The van der Waals surface area contributed by atoms with Crippen LogP contribution in [0.25, 0.3) is 0 Å². The first-order valence-corrected chi connectivity index (χ1v) is 6.89. The fourth-order valence-electron chi connectivity index (χ4n) is 2.12. The van der Waals surface area contributed by atoms with Crippen molar-refractivity contribution in [1.82, 2.24) is 0 Å². The number of rotatable bonds is 3. The van der Waals surface area contributed by atoms with Crippen molar-refractivity contribution in [2.75, 3.05) is 18.5 Å². The molecule has 2 unspecified atom stereocenters. The van der Waals surface area contributed by atoms with Gasteiger partial charge in [0, 0.05) is 29.2 Å². The van der Waals surface area contributed by atoms with Gasteiger partial charge in [-0.25, -0.2) is 0 Å². The number of alkyl halides is 3. The summed E-state index contributed by atoms with van der Waals surface area (Å²) in [4.78, 5) is 0. The number of anilines is 1. The molecule has 1 aromatic rings. The minimum absolute atomic E-state index is 0.195. The van der Waals surface area contributed by atoms with E-state index in [9.17, 15) is 13.2 Å². The molecule has 1 N–H and O–H groups in total. The number of hydrogen-bond acceptors (Lipinski definition) is 2. The van der Waals surface area contributed by atoms with Gasteiger partial charge in [-0.2, -0.15) is 13.2 Å². The molecule has 0 amide bonds. The molecule has 0 radical (unpaired) electrons. The van der Waals surface area contributed by atoms with Gasteiger partial charge >= 0.3 is 6.18 Å². The smallest absolute Gasteiger partial charge is 0.384 e. The maximum absolute atomic E-state index is 12.5. The summed E-state index contributed by atoms with van der Waals surface area (Å²) < 4.78 is 43.4. The van der Waals surface area contributed by atoms with Crippen LogP contribution in [0.2, 0.25) is 0 Å². The maximum atomic E-state index is 12.5. The van der Waals surface area contributed by atoms with E-state index >= 15 is 0 Å². The average molecular weight is 338 g/mol. The van der Waals surface area contributed by atoms with Gasteiger partial charge in [0.2, 0.25) is 0 Å². The van der Waals surface area contributed by atoms with Gasteiger partial charge in [0.1, 0.15) is 0 Å². The van der Waals surface area contributed by atoms with Crippen LogP contribution >= 0.6 is 15.9 Å². The fraction of sp³-hybridized carbons (Fsp3) is 0.538. The molecule has 1 saturated heterocycles. The molecule has 2 atom stereocenters. The highest BCUT2D eigenvalue weighted by Gasteiger charge is 2.31. The molecule has 0 saturated carbocycles. The Bertz CT molecular complexity index is 450. The van der Waals surface area contributed by atoms with E-state index < -0.39 is 11.7 Å². The molecule has 1 aliphatic heterocycles. The van der Waals surface area contributed by atoms with E-state index in [1.54, 1.807) is 0 Å². The van der Waals surface area contributed by atoms with Crippen LogP contribution in [-0.4, -0.2) is 19.3 Å². The molecular formula is C13H15BrF3NO. The molecule has 19 heavy (non-hydrogen) atoms. The van der Waals surface area contributed by atoms with Gasteiger partial charge in [-0.05, 0) is 47.5 Å². The van der Waals surface area contributed by atoms with E-state index in [1.165, 1.54) is 6.07 Å². The highest BCUT2D eigenvalue weighted by molar-refractivity contribution is 9.10. The lowest BCUT2D eigenvalue weighted by atomic mass is 10.0. The van der Waals surface area contributed by atoms with Crippen LogP contribution in [0.15, 0.2) is 22.7 Å². The monoisotopic (exact) mass is 337 g/mol. The number of halogens is 4. The first-order chi connectivity index (χ1) is 8.88. The Morgan fingerprint density at radius 3 is 2.68 bits per heavy atom. The van der Waals surface area contributed by atoms with Gasteiger partial charge in [0.25, 0.3) is 0 Å². The van der Waals surface area contributed by atoms with Crippen LogP contribution in [0.1, 0.15) is 18.9 Å². The lowest BCUT2D eigenvalue weighted by Crippen LogP contribution is -2.20. The molecular weight excluding hydrogens is 323 g/mol. The van der Waals surface area contributed by atoms with E-state index in [-0.39, 0.29) is 6.10 Å². The summed E-state index contributed by atoms with van der Waals surface area (Å²) in [6.07, 6.45) is -3.14. The van der Waals surface area contributed by atoms with E-state index in [0.29, 0.717) is 22.6 Å². The molecule has 0 aliphatic carbocycles. The highest BCUT2D eigenvalue weighted by atomic mass is 79.9. The molecule has 0 bridgehead atoms. The third-order valence-electron chi connectivity index (χ3n) is 3.38.